The predicted molar refractivity (Wildman–Crippen MR) is 119 cm³/mol. The Morgan fingerprint density at radius 3 is 2.50 bits per heavy atom. The van der Waals surface area contributed by atoms with Gasteiger partial charge in [0.15, 0.2) is 5.75 Å². The summed E-state index contributed by atoms with van der Waals surface area (Å²) in [6, 6.07) is 20.6. The van der Waals surface area contributed by atoms with E-state index in [1.54, 1.807) is 30.1 Å². The molecular weight excluding hydrogens is 376 g/mol. The molecule has 1 unspecified atom stereocenters. The van der Waals surface area contributed by atoms with E-state index >= 15 is 0 Å². The molecule has 0 aliphatic carbocycles. The molecular formula is C25H24N2O3. The minimum atomic E-state index is -0.258. The van der Waals surface area contributed by atoms with Crippen LogP contribution in [0.4, 0.5) is 11.4 Å². The third-order valence-corrected chi connectivity index (χ3v) is 5.40. The van der Waals surface area contributed by atoms with Crippen molar-refractivity contribution in [2.75, 3.05) is 17.3 Å². The highest BCUT2D eigenvalue weighted by Gasteiger charge is 2.27. The summed E-state index contributed by atoms with van der Waals surface area (Å²) >= 11 is 0. The van der Waals surface area contributed by atoms with E-state index in [1.165, 1.54) is 0 Å². The first kappa shape index (κ1) is 19.7. The minimum Gasteiger partial charge on any atom is -0.454 e. The number of carbonyl (C=O) groups excluding carboxylic acids is 2. The Kier molecular flexibility index (Phi) is 5.27. The number of rotatable bonds is 4. The Hall–Kier alpha value is -3.60. The molecule has 30 heavy (non-hydrogen) atoms. The van der Waals surface area contributed by atoms with Crippen LogP contribution in [0.1, 0.15) is 40.7 Å². The minimum absolute atomic E-state index is 0.0992. The predicted octanol–water partition coefficient (Wildman–Crippen LogP) is 5.51. The van der Waals surface area contributed by atoms with Crippen LogP contribution in [0.25, 0.3) is 0 Å². The van der Waals surface area contributed by atoms with E-state index in [4.69, 9.17) is 4.74 Å². The summed E-state index contributed by atoms with van der Waals surface area (Å²) in [5.74, 6) is 0.565. The summed E-state index contributed by atoms with van der Waals surface area (Å²) in [4.78, 5) is 27.6. The standard InChI is InChI=1S/C25H24N2O3/c1-4-19(17-8-6-5-7-9-17)24(28)26-18-11-13-22-20(15-18)25(29)27(3)21-14-16(2)10-12-23(21)30-22/h5-15,19H,4H2,1-3H3,(H,26,28). The van der Waals surface area contributed by atoms with Crippen LogP contribution in [-0.2, 0) is 4.79 Å². The maximum absolute atomic E-state index is 13.1. The van der Waals surface area contributed by atoms with E-state index in [9.17, 15) is 9.59 Å². The van der Waals surface area contributed by atoms with E-state index in [1.807, 2.05) is 62.4 Å². The zero-order chi connectivity index (χ0) is 21.3. The molecule has 0 bridgehead atoms. The number of benzene rings is 3. The Bertz CT molecular complexity index is 1110. The van der Waals surface area contributed by atoms with Crippen LogP contribution >= 0.6 is 0 Å². The second-order valence-corrected chi connectivity index (χ2v) is 7.51. The summed E-state index contributed by atoms with van der Waals surface area (Å²) in [5.41, 5.74) is 3.72. The maximum Gasteiger partial charge on any atom is 0.261 e. The monoisotopic (exact) mass is 400 g/mol. The average molecular weight is 400 g/mol. The largest absolute Gasteiger partial charge is 0.454 e. The van der Waals surface area contributed by atoms with E-state index in [0.717, 1.165) is 16.8 Å². The zero-order valence-corrected chi connectivity index (χ0v) is 17.3. The molecule has 1 aliphatic rings. The summed E-state index contributed by atoms with van der Waals surface area (Å²) in [6.45, 7) is 3.96. The molecule has 3 aromatic rings. The maximum atomic E-state index is 13.1. The molecule has 5 nitrogen and oxygen atoms in total. The van der Waals surface area contributed by atoms with Crippen LogP contribution in [0.3, 0.4) is 0 Å². The smallest absolute Gasteiger partial charge is 0.261 e. The molecule has 1 N–H and O–H groups in total. The normalized spacial score (nSPS) is 13.6. The van der Waals surface area contributed by atoms with E-state index in [2.05, 4.69) is 5.32 Å². The number of hydrogen-bond acceptors (Lipinski definition) is 3. The zero-order valence-electron chi connectivity index (χ0n) is 17.3. The van der Waals surface area contributed by atoms with Gasteiger partial charge in [0.1, 0.15) is 5.75 Å². The summed E-state index contributed by atoms with van der Waals surface area (Å²) < 4.78 is 6.02. The molecule has 0 aromatic heterocycles. The fraction of sp³-hybridized carbons (Fsp3) is 0.200. The van der Waals surface area contributed by atoms with Crippen LogP contribution < -0.4 is 15.0 Å². The lowest BCUT2D eigenvalue weighted by Crippen LogP contribution is -2.25. The van der Waals surface area contributed by atoms with Gasteiger partial charge in [0.05, 0.1) is 17.2 Å². The second kappa shape index (κ2) is 8.03. The molecule has 5 heteroatoms. The van der Waals surface area contributed by atoms with Gasteiger partial charge in [-0.25, -0.2) is 0 Å². The molecule has 0 spiro atoms. The van der Waals surface area contributed by atoms with E-state index in [-0.39, 0.29) is 17.7 Å². The number of nitrogens with one attached hydrogen (secondary N) is 1. The van der Waals surface area contributed by atoms with Crippen LogP contribution in [0, 0.1) is 6.92 Å². The highest BCUT2D eigenvalue weighted by Crippen LogP contribution is 2.39. The molecule has 0 fully saturated rings. The van der Waals surface area contributed by atoms with Gasteiger partial charge in [-0.2, -0.15) is 0 Å². The summed E-state index contributed by atoms with van der Waals surface area (Å²) in [6.07, 6.45) is 0.681. The van der Waals surface area contributed by atoms with Gasteiger partial charge in [0.2, 0.25) is 5.91 Å². The van der Waals surface area contributed by atoms with Gasteiger partial charge in [-0.15, -0.1) is 0 Å². The average Bonchev–Trinajstić information content (AvgIpc) is 2.85. The van der Waals surface area contributed by atoms with Crippen molar-refractivity contribution in [3.63, 3.8) is 0 Å². The number of nitrogens with zero attached hydrogens (tertiary/aromatic N) is 1. The number of amides is 2. The topological polar surface area (TPSA) is 58.6 Å². The number of ether oxygens (including phenoxy) is 1. The van der Waals surface area contributed by atoms with Crippen LogP contribution in [-0.4, -0.2) is 18.9 Å². The Labute approximate surface area is 176 Å². The summed E-state index contributed by atoms with van der Waals surface area (Å²) in [5, 5.41) is 2.96. The van der Waals surface area contributed by atoms with Gasteiger partial charge >= 0.3 is 0 Å². The number of anilines is 2. The lowest BCUT2D eigenvalue weighted by Gasteiger charge is -2.17. The number of carbonyl (C=O) groups is 2. The lowest BCUT2D eigenvalue weighted by molar-refractivity contribution is -0.117. The van der Waals surface area contributed by atoms with Crippen molar-refractivity contribution in [1.29, 1.82) is 0 Å². The SMILES string of the molecule is CCC(C(=O)Nc1ccc2c(c1)C(=O)N(C)c1cc(C)ccc1O2)c1ccccc1. The molecule has 2 amide bonds. The Balaban J connectivity index is 1.63. The third-order valence-electron chi connectivity index (χ3n) is 5.40. The van der Waals surface area contributed by atoms with Gasteiger partial charge in [0, 0.05) is 12.7 Å². The quantitative estimate of drug-likeness (QED) is 0.628. The Morgan fingerprint density at radius 2 is 1.77 bits per heavy atom. The Morgan fingerprint density at radius 1 is 1.03 bits per heavy atom. The van der Waals surface area contributed by atoms with Gasteiger partial charge in [-0.1, -0.05) is 43.3 Å². The highest BCUT2D eigenvalue weighted by molar-refractivity contribution is 6.10. The fourth-order valence-corrected chi connectivity index (χ4v) is 3.74. The van der Waals surface area contributed by atoms with Gasteiger partial charge in [-0.3, -0.25) is 9.59 Å². The van der Waals surface area contributed by atoms with Gasteiger partial charge in [0.25, 0.3) is 5.91 Å². The van der Waals surface area contributed by atoms with E-state index < -0.39 is 0 Å². The van der Waals surface area contributed by atoms with Gasteiger partial charge < -0.3 is 15.0 Å². The number of hydrogen-bond donors (Lipinski definition) is 1. The summed E-state index contributed by atoms with van der Waals surface area (Å²) in [7, 11) is 1.73. The van der Waals surface area contributed by atoms with Crippen molar-refractivity contribution < 1.29 is 14.3 Å². The lowest BCUT2D eigenvalue weighted by atomic mass is 9.95. The molecule has 1 atom stereocenters. The molecule has 1 aliphatic heterocycles. The molecule has 1 heterocycles. The number of fused-ring (bicyclic) bond motifs is 2. The van der Waals surface area contributed by atoms with Crippen LogP contribution in [0.15, 0.2) is 66.7 Å². The first-order chi connectivity index (χ1) is 14.5. The number of aryl methyl sites for hydroxylation is 1. The molecule has 0 saturated carbocycles. The van der Waals surface area contributed by atoms with Crippen molar-refractivity contribution >= 4 is 23.2 Å². The van der Waals surface area contributed by atoms with E-state index in [0.29, 0.717) is 29.2 Å². The van der Waals surface area contributed by atoms with Crippen molar-refractivity contribution in [1.82, 2.24) is 0 Å². The van der Waals surface area contributed by atoms with Crippen molar-refractivity contribution in [3.8, 4) is 11.5 Å². The molecule has 152 valence electrons. The highest BCUT2D eigenvalue weighted by atomic mass is 16.5. The molecule has 0 radical (unpaired) electrons. The van der Waals surface area contributed by atoms with Crippen molar-refractivity contribution in [2.45, 2.75) is 26.2 Å². The first-order valence-electron chi connectivity index (χ1n) is 10.0. The molecule has 3 aromatic carbocycles. The van der Waals surface area contributed by atoms with Crippen molar-refractivity contribution in [3.05, 3.63) is 83.4 Å². The third kappa shape index (κ3) is 3.66. The molecule has 4 rings (SSSR count). The van der Waals surface area contributed by atoms with Crippen LogP contribution in [0.2, 0.25) is 0 Å². The fourth-order valence-electron chi connectivity index (χ4n) is 3.74. The van der Waals surface area contributed by atoms with Gasteiger partial charge in [-0.05, 0) is 54.8 Å². The van der Waals surface area contributed by atoms with Crippen molar-refractivity contribution in [2.24, 2.45) is 0 Å². The first-order valence-corrected chi connectivity index (χ1v) is 10.0. The van der Waals surface area contributed by atoms with Crippen LogP contribution in [0.5, 0.6) is 11.5 Å². The second-order valence-electron chi connectivity index (χ2n) is 7.51. The molecule has 0 saturated heterocycles.